The maximum absolute atomic E-state index is 13.1. The van der Waals surface area contributed by atoms with E-state index in [4.69, 9.17) is 0 Å². The second-order valence-electron chi connectivity index (χ2n) is 4.19. The van der Waals surface area contributed by atoms with E-state index in [0.29, 0.717) is 11.1 Å². The van der Waals surface area contributed by atoms with Crippen LogP contribution in [0.4, 0.5) is 13.2 Å². The second-order valence-corrected chi connectivity index (χ2v) is 4.19. The molecule has 2 aromatic rings. The number of hydrogen-bond acceptors (Lipinski definition) is 0. The maximum Gasteiger partial charge on any atom is 0.396 e. The maximum atomic E-state index is 13.1. The summed E-state index contributed by atoms with van der Waals surface area (Å²) in [6.45, 7) is 0. The van der Waals surface area contributed by atoms with Crippen molar-refractivity contribution < 1.29 is 13.2 Å². The van der Waals surface area contributed by atoms with Gasteiger partial charge in [-0.2, -0.15) is 13.2 Å². The number of halogens is 3. The van der Waals surface area contributed by atoms with Crippen LogP contribution in [0.1, 0.15) is 17.0 Å². The first-order chi connectivity index (χ1) is 8.57. The Labute approximate surface area is 104 Å². The van der Waals surface area contributed by atoms with Gasteiger partial charge in [0.15, 0.2) is 0 Å². The minimum Gasteiger partial charge on any atom is -0.170 e. The molecule has 0 fully saturated rings. The summed E-state index contributed by atoms with van der Waals surface area (Å²) in [5.74, 6) is -1.44. The monoisotopic (exact) mass is 250 g/mol. The van der Waals surface area contributed by atoms with E-state index < -0.39 is 12.1 Å². The van der Waals surface area contributed by atoms with Crippen LogP contribution in [-0.4, -0.2) is 6.18 Å². The summed E-state index contributed by atoms with van der Waals surface area (Å²) in [6.07, 6.45) is -4.24. The van der Waals surface area contributed by atoms with Crippen molar-refractivity contribution in [3.63, 3.8) is 0 Å². The molecule has 0 N–H and O–H groups in total. The van der Waals surface area contributed by atoms with Crippen molar-refractivity contribution >= 4 is 0 Å². The molecule has 0 saturated carbocycles. The minimum atomic E-state index is -4.23. The molecular formula is C15H13F3. The smallest absolute Gasteiger partial charge is 0.170 e. The molecule has 94 valence electrons. The quantitative estimate of drug-likeness (QED) is 0.748. The number of benzene rings is 2. The summed E-state index contributed by atoms with van der Waals surface area (Å²) in [4.78, 5) is 0. The van der Waals surface area contributed by atoms with Gasteiger partial charge in [-0.15, -0.1) is 0 Å². The van der Waals surface area contributed by atoms with E-state index in [1.807, 2.05) is 0 Å². The zero-order valence-corrected chi connectivity index (χ0v) is 9.69. The molecule has 0 aromatic heterocycles. The molecule has 0 spiro atoms. The minimum absolute atomic E-state index is 0.0195. The van der Waals surface area contributed by atoms with Crippen LogP contribution in [0.5, 0.6) is 0 Å². The van der Waals surface area contributed by atoms with Gasteiger partial charge in [-0.3, -0.25) is 0 Å². The second kappa shape index (κ2) is 5.25. The Balaban J connectivity index is 2.28. The van der Waals surface area contributed by atoms with Gasteiger partial charge in [-0.25, -0.2) is 0 Å². The van der Waals surface area contributed by atoms with Crippen molar-refractivity contribution in [2.24, 2.45) is 0 Å². The highest BCUT2D eigenvalue weighted by atomic mass is 19.4. The lowest BCUT2D eigenvalue weighted by atomic mass is 9.91. The first-order valence-electron chi connectivity index (χ1n) is 5.73. The molecule has 0 bridgehead atoms. The Kier molecular flexibility index (Phi) is 3.70. The predicted octanol–water partition coefficient (Wildman–Crippen LogP) is 4.58. The first-order valence-corrected chi connectivity index (χ1v) is 5.73. The van der Waals surface area contributed by atoms with E-state index in [2.05, 4.69) is 0 Å². The molecule has 2 aromatic carbocycles. The molecule has 0 heterocycles. The third-order valence-electron chi connectivity index (χ3n) is 2.88. The normalized spacial score (nSPS) is 13.3. The Morgan fingerprint density at radius 1 is 0.778 bits per heavy atom. The zero-order chi connectivity index (χ0) is 13.0. The zero-order valence-electron chi connectivity index (χ0n) is 9.69. The summed E-state index contributed by atoms with van der Waals surface area (Å²) in [5.41, 5.74) is 1.01. The van der Waals surface area contributed by atoms with Crippen LogP contribution >= 0.6 is 0 Å². The molecule has 18 heavy (non-hydrogen) atoms. The van der Waals surface area contributed by atoms with Gasteiger partial charge in [-0.05, 0) is 17.5 Å². The summed E-state index contributed by atoms with van der Waals surface area (Å²) in [5, 5.41) is 0. The van der Waals surface area contributed by atoms with E-state index in [9.17, 15) is 13.2 Å². The van der Waals surface area contributed by atoms with Crippen molar-refractivity contribution in [1.82, 2.24) is 0 Å². The van der Waals surface area contributed by atoms with Gasteiger partial charge in [0.1, 0.15) is 0 Å². The average molecular weight is 250 g/mol. The molecule has 0 radical (unpaired) electrons. The van der Waals surface area contributed by atoms with E-state index in [0.717, 1.165) is 0 Å². The molecule has 0 nitrogen and oxygen atoms in total. The van der Waals surface area contributed by atoms with Gasteiger partial charge < -0.3 is 0 Å². The number of hydrogen-bond donors (Lipinski definition) is 0. The first kappa shape index (κ1) is 12.7. The molecule has 0 amide bonds. The molecule has 2 rings (SSSR count). The Morgan fingerprint density at radius 2 is 1.28 bits per heavy atom. The lowest BCUT2D eigenvalue weighted by molar-refractivity contribution is -0.150. The fraction of sp³-hybridized carbons (Fsp3) is 0.200. The van der Waals surface area contributed by atoms with Crippen molar-refractivity contribution in [3.05, 3.63) is 71.8 Å². The fourth-order valence-electron chi connectivity index (χ4n) is 1.96. The predicted molar refractivity (Wildman–Crippen MR) is 65.4 cm³/mol. The molecular weight excluding hydrogens is 237 g/mol. The van der Waals surface area contributed by atoms with Crippen molar-refractivity contribution in [2.75, 3.05) is 0 Å². The third-order valence-corrected chi connectivity index (χ3v) is 2.88. The summed E-state index contributed by atoms with van der Waals surface area (Å²) in [7, 11) is 0. The molecule has 0 saturated heterocycles. The number of alkyl halides is 3. The van der Waals surface area contributed by atoms with Crippen LogP contribution < -0.4 is 0 Å². The van der Waals surface area contributed by atoms with Crippen LogP contribution in [0.2, 0.25) is 0 Å². The van der Waals surface area contributed by atoms with Crippen molar-refractivity contribution in [1.29, 1.82) is 0 Å². The van der Waals surface area contributed by atoms with Gasteiger partial charge in [0.25, 0.3) is 0 Å². The molecule has 0 aliphatic rings. The number of rotatable bonds is 3. The van der Waals surface area contributed by atoms with Crippen LogP contribution in [0.15, 0.2) is 60.7 Å². The van der Waals surface area contributed by atoms with E-state index in [1.165, 1.54) is 12.1 Å². The molecule has 1 unspecified atom stereocenters. The van der Waals surface area contributed by atoms with Crippen molar-refractivity contribution in [2.45, 2.75) is 18.5 Å². The SMILES string of the molecule is FC(F)(F)C(Cc1ccccc1)c1ccccc1. The Hall–Kier alpha value is -1.77. The van der Waals surface area contributed by atoms with E-state index >= 15 is 0 Å². The Morgan fingerprint density at radius 3 is 1.78 bits per heavy atom. The largest absolute Gasteiger partial charge is 0.396 e. The Bertz CT molecular complexity index is 474. The molecule has 1 atom stereocenters. The van der Waals surface area contributed by atoms with E-state index in [-0.39, 0.29) is 6.42 Å². The van der Waals surface area contributed by atoms with Crippen LogP contribution in [0.25, 0.3) is 0 Å². The molecule has 0 aliphatic carbocycles. The lowest BCUT2D eigenvalue weighted by Crippen LogP contribution is -2.22. The summed E-state index contributed by atoms with van der Waals surface area (Å²) >= 11 is 0. The lowest BCUT2D eigenvalue weighted by Gasteiger charge is -2.20. The summed E-state index contributed by atoms with van der Waals surface area (Å²) < 4.78 is 39.3. The van der Waals surface area contributed by atoms with Crippen LogP contribution in [0, 0.1) is 0 Å². The highest BCUT2D eigenvalue weighted by molar-refractivity contribution is 5.25. The standard InChI is InChI=1S/C15H13F3/c16-15(17,18)14(13-9-5-2-6-10-13)11-12-7-3-1-4-8-12/h1-10,14H,11H2. The van der Waals surface area contributed by atoms with Gasteiger partial charge in [0, 0.05) is 0 Å². The van der Waals surface area contributed by atoms with Gasteiger partial charge in [0.2, 0.25) is 0 Å². The van der Waals surface area contributed by atoms with Crippen LogP contribution in [0.3, 0.4) is 0 Å². The summed E-state index contributed by atoms with van der Waals surface area (Å²) in [6, 6.07) is 16.8. The van der Waals surface area contributed by atoms with Gasteiger partial charge in [-0.1, -0.05) is 60.7 Å². The third kappa shape index (κ3) is 3.13. The molecule has 3 heteroatoms. The van der Waals surface area contributed by atoms with E-state index in [1.54, 1.807) is 48.5 Å². The van der Waals surface area contributed by atoms with Crippen LogP contribution in [-0.2, 0) is 6.42 Å². The highest BCUT2D eigenvalue weighted by Gasteiger charge is 2.40. The average Bonchev–Trinajstić information content (AvgIpc) is 2.37. The van der Waals surface area contributed by atoms with Gasteiger partial charge >= 0.3 is 6.18 Å². The van der Waals surface area contributed by atoms with Gasteiger partial charge in [0.05, 0.1) is 5.92 Å². The fourth-order valence-corrected chi connectivity index (χ4v) is 1.96. The van der Waals surface area contributed by atoms with Crippen molar-refractivity contribution in [3.8, 4) is 0 Å². The molecule has 0 aliphatic heterocycles. The topological polar surface area (TPSA) is 0 Å². The highest BCUT2D eigenvalue weighted by Crippen LogP contribution is 2.37.